The number of aryl methyl sites for hydroxylation is 1. The summed E-state index contributed by atoms with van der Waals surface area (Å²) >= 11 is 0. The summed E-state index contributed by atoms with van der Waals surface area (Å²) in [6.45, 7) is 3.90. The fourth-order valence-corrected chi connectivity index (χ4v) is 1.78. The Morgan fingerprint density at radius 1 is 1.19 bits per heavy atom. The van der Waals surface area contributed by atoms with Gasteiger partial charge in [0, 0.05) is 29.9 Å². The number of anilines is 1. The molecule has 0 saturated heterocycles. The second kappa shape index (κ2) is 4.94. The SMILES string of the molecule is CNCCNc1cc(C)nc2ccccc12. The molecule has 1 aromatic heterocycles. The van der Waals surface area contributed by atoms with Crippen LogP contribution in [0.25, 0.3) is 10.9 Å². The number of para-hydroxylation sites is 1. The lowest BCUT2D eigenvalue weighted by Crippen LogP contribution is -2.17. The second-order valence-corrected chi connectivity index (χ2v) is 3.86. The van der Waals surface area contributed by atoms with E-state index >= 15 is 0 Å². The monoisotopic (exact) mass is 215 g/mol. The van der Waals surface area contributed by atoms with E-state index in [9.17, 15) is 0 Å². The summed E-state index contributed by atoms with van der Waals surface area (Å²) in [5.74, 6) is 0. The molecule has 2 aromatic rings. The maximum Gasteiger partial charge on any atom is 0.0725 e. The van der Waals surface area contributed by atoms with Crippen molar-refractivity contribution in [3.8, 4) is 0 Å². The minimum absolute atomic E-state index is 0.921. The molecule has 0 fully saturated rings. The second-order valence-electron chi connectivity index (χ2n) is 3.86. The summed E-state index contributed by atoms with van der Waals surface area (Å²) in [5.41, 5.74) is 3.26. The fourth-order valence-electron chi connectivity index (χ4n) is 1.78. The molecule has 1 heterocycles. The lowest BCUT2D eigenvalue weighted by molar-refractivity contribution is 0.824. The highest BCUT2D eigenvalue weighted by Crippen LogP contribution is 2.22. The van der Waals surface area contributed by atoms with Crippen LogP contribution < -0.4 is 10.6 Å². The van der Waals surface area contributed by atoms with Crippen LogP contribution in [0.2, 0.25) is 0 Å². The zero-order valence-electron chi connectivity index (χ0n) is 9.75. The lowest BCUT2D eigenvalue weighted by Gasteiger charge is -2.10. The highest BCUT2D eigenvalue weighted by Gasteiger charge is 2.02. The third-order valence-corrected chi connectivity index (χ3v) is 2.53. The van der Waals surface area contributed by atoms with Crippen molar-refractivity contribution < 1.29 is 0 Å². The highest BCUT2D eigenvalue weighted by atomic mass is 14.9. The van der Waals surface area contributed by atoms with E-state index in [4.69, 9.17) is 0 Å². The lowest BCUT2D eigenvalue weighted by atomic mass is 10.1. The van der Waals surface area contributed by atoms with Gasteiger partial charge < -0.3 is 10.6 Å². The Bertz CT molecular complexity index is 480. The maximum atomic E-state index is 4.51. The Hall–Kier alpha value is -1.61. The van der Waals surface area contributed by atoms with E-state index in [1.807, 2.05) is 32.2 Å². The smallest absolute Gasteiger partial charge is 0.0725 e. The summed E-state index contributed by atoms with van der Waals surface area (Å²) in [7, 11) is 1.96. The van der Waals surface area contributed by atoms with Crippen molar-refractivity contribution in [2.45, 2.75) is 6.92 Å². The van der Waals surface area contributed by atoms with Crippen LogP contribution in [0.3, 0.4) is 0 Å². The van der Waals surface area contributed by atoms with Gasteiger partial charge in [0.1, 0.15) is 0 Å². The molecule has 0 bridgehead atoms. The molecule has 0 amide bonds. The van der Waals surface area contributed by atoms with Gasteiger partial charge in [-0.1, -0.05) is 18.2 Å². The van der Waals surface area contributed by atoms with E-state index in [0.29, 0.717) is 0 Å². The van der Waals surface area contributed by atoms with Gasteiger partial charge in [-0.05, 0) is 26.1 Å². The van der Waals surface area contributed by atoms with Crippen molar-refractivity contribution in [2.75, 3.05) is 25.5 Å². The van der Waals surface area contributed by atoms with Crippen molar-refractivity contribution in [2.24, 2.45) is 0 Å². The number of benzene rings is 1. The number of hydrogen-bond acceptors (Lipinski definition) is 3. The molecule has 2 N–H and O–H groups in total. The predicted molar refractivity (Wildman–Crippen MR) is 68.9 cm³/mol. The molecule has 0 atom stereocenters. The molecule has 0 radical (unpaired) electrons. The Labute approximate surface area is 95.9 Å². The first kappa shape index (κ1) is 10.9. The fraction of sp³-hybridized carbons (Fsp3) is 0.308. The first-order valence-corrected chi connectivity index (χ1v) is 5.56. The van der Waals surface area contributed by atoms with Crippen LogP contribution >= 0.6 is 0 Å². The van der Waals surface area contributed by atoms with Crippen molar-refractivity contribution in [3.05, 3.63) is 36.0 Å². The predicted octanol–water partition coefficient (Wildman–Crippen LogP) is 2.17. The van der Waals surface area contributed by atoms with Gasteiger partial charge in [0.2, 0.25) is 0 Å². The van der Waals surface area contributed by atoms with Gasteiger partial charge in [-0.25, -0.2) is 0 Å². The largest absolute Gasteiger partial charge is 0.383 e. The Balaban J connectivity index is 2.34. The summed E-state index contributed by atoms with van der Waals surface area (Å²) in [6.07, 6.45) is 0. The summed E-state index contributed by atoms with van der Waals surface area (Å²) in [5, 5.41) is 7.73. The van der Waals surface area contributed by atoms with Crippen LogP contribution in [0.4, 0.5) is 5.69 Å². The van der Waals surface area contributed by atoms with Crippen molar-refractivity contribution in [3.63, 3.8) is 0 Å². The molecule has 0 saturated carbocycles. The topological polar surface area (TPSA) is 37.0 Å². The number of likely N-dealkylation sites (N-methyl/N-ethyl adjacent to an activating group) is 1. The van der Waals surface area contributed by atoms with Crippen LogP contribution in [-0.2, 0) is 0 Å². The molecular formula is C13H17N3. The van der Waals surface area contributed by atoms with E-state index in [2.05, 4.69) is 27.8 Å². The minimum atomic E-state index is 0.921. The number of pyridine rings is 1. The van der Waals surface area contributed by atoms with Gasteiger partial charge in [-0.3, -0.25) is 4.98 Å². The summed E-state index contributed by atoms with van der Waals surface area (Å²) in [4.78, 5) is 4.51. The third kappa shape index (κ3) is 2.31. The minimum Gasteiger partial charge on any atom is -0.383 e. The van der Waals surface area contributed by atoms with Gasteiger partial charge >= 0.3 is 0 Å². The molecule has 1 aromatic carbocycles. The van der Waals surface area contributed by atoms with E-state index in [1.165, 1.54) is 11.1 Å². The van der Waals surface area contributed by atoms with Crippen molar-refractivity contribution >= 4 is 16.6 Å². The maximum absolute atomic E-state index is 4.51. The first-order valence-electron chi connectivity index (χ1n) is 5.56. The number of hydrogen-bond donors (Lipinski definition) is 2. The van der Waals surface area contributed by atoms with Gasteiger partial charge in [0.25, 0.3) is 0 Å². The van der Waals surface area contributed by atoms with Crippen LogP contribution in [0.1, 0.15) is 5.69 Å². The van der Waals surface area contributed by atoms with E-state index in [1.54, 1.807) is 0 Å². The Kier molecular flexibility index (Phi) is 3.37. The van der Waals surface area contributed by atoms with Crippen LogP contribution in [0.5, 0.6) is 0 Å². The molecule has 2 rings (SSSR count). The van der Waals surface area contributed by atoms with Gasteiger partial charge in [0.15, 0.2) is 0 Å². The van der Waals surface area contributed by atoms with Crippen LogP contribution in [-0.4, -0.2) is 25.1 Å². The molecule has 84 valence electrons. The molecule has 0 aliphatic carbocycles. The number of aromatic nitrogens is 1. The van der Waals surface area contributed by atoms with Crippen molar-refractivity contribution in [1.82, 2.24) is 10.3 Å². The normalized spacial score (nSPS) is 10.6. The standard InChI is InChI=1S/C13H17N3/c1-10-9-13(15-8-7-14-2)11-5-3-4-6-12(11)16-10/h3-6,9,14H,7-8H2,1-2H3,(H,15,16). The zero-order chi connectivity index (χ0) is 11.4. The van der Waals surface area contributed by atoms with E-state index in [-0.39, 0.29) is 0 Å². The molecule has 0 unspecified atom stereocenters. The molecule has 3 nitrogen and oxygen atoms in total. The quantitative estimate of drug-likeness (QED) is 0.767. The molecule has 16 heavy (non-hydrogen) atoms. The number of nitrogens with zero attached hydrogens (tertiary/aromatic N) is 1. The number of rotatable bonds is 4. The molecule has 0 aliphatic rings. The van der Waals surface area contributed by atoms with Gasteiger partial charge in [-0.2, -0.15) is 0 Å². The van der Waals surface area contributed by atoms with E-state index in [0.717, 1.165) is 24.3 Å². The third-order valence-electron chi connectivity index (χ3n) is 2.53. The number of nitrogens with one attached hydrogen (secondary N) is 2. The molecular weight excluding hydrogens is 198 g/mol. The Morgan fingerprint density at radius 3 is 2.81 bits per heavy atom. The van der Waals surface area contributed by atoms with Crippen LogP contribution in [0, 0.1) is 6.92 Å². The van der Waals surface area contributed by atoms with Crippen LogP contribution in [0.15, 0.2) is 30.3 Å². The first-order chi connectivity index (χ1) is 7.81. The molecule has 3 heteroatoms. The number of fused-ring (bicyclic) bond motifs is 1. The van der Waals surface area contributed by atoms with E-state index < -0.39 is 0 Å². The molecule has 0 spiro atoms. The Morgan fingerprint density at radius 2 is 2.00 bits per heavy atom. The highest BCUT2D eigenvalue weighted by molar-refractivity contribution is 5.91. The van der Waals surface area contributed by atoms with Gasteiger partial charge in [0.05, 0.1) is 5.52 Å². The van der Waals surface area contributed by atoms with Gasteiger partial charge in [-0.15, -0.1) is 0 Å². The molecule has 0 aliphatic heterocycles. The summed E-state index contributed by atoms with van der Waals surface area (Å²) < 4.78 is 0. The average Bonchev–Trinajstić information content (AvgIpc) is 2.29. The van der Waals surface area contributed by atoms with Crippen molar-refractivity contribution in [1.29, 1.82) is 0 Å². The summed E-state index contributed by atoms with van der Waals surface area (Å²) in [6, 6.07) is 10.3. The average molecular weight is 215 g/mol. The zero-order valence-corrected chi connectivity index (χ0v) is 9.75.